The van der Waals surface area contributed by atoms with Crippen molar-refractivity contribution < 1.29 is 9.53 Å². The first kappa shape index (κ1) is 14.6. The second-order valence-corrected chi connectivity index (χ2v) is 5.22. The molecule has 0 saturated heterocycles. The second kappa shape index (κ2) is 5.91. The van der Waals surface area contributed by atoms with Crippen molar-refractivity contribution in [3.05, 3.63) is 23.8 Å². The van der Waals surface area contributed by atoms with Crippen LogP contribution in [0.15, 0.2) is 12.4 Å². The van der Waals surface area contributed by atoms with Gasteiger partial charge in [-0.25, -0.2) is 0 Å². The maximum absolute atomic E-state index is 11.6. The molecular weight excluding hydrogens is 230 g/mol. The fourth-order valence-electron chi connectivity index (χ4n) is 1.55. The van der Waals surface area contributed by atoms with Crippen LogP contribution in [0.25, 0.3) is 0 Å². The van der Waals surface area contributed by atoms with Gasteiger partial charge in [-0.05, 0) is 34.6 Å². The first-order valence-electron chi connectivity index (χ1n) is 6.02. The lowest BCUT2D eigenvalue weighted by Crippen LogP contribution is -2.33. The predicted molar refractivity (Wildman–Crippen MR) is 69.0 cm³/mol. The second-order valence-electron chi connectivity index (χ2n) is 5.22. The molecule has 1 heterocycles. The largest absolute Gasteiger partial charge is 0.459 e. The molecule has 0 radical (unpaired) electrons. The Kier molecular flexibility index (Phi) is 4.78. The Bertz CT molecular complexity index is 413. The van der Waals surface area contributed by atoms with E-state index in [1.165, 1.54) is 0 Å². The van der Waals surface area contributed by atoms with E-state index in [1.54, 1.807) is 12.4 Å². The summed E-state index contributed by atoms with van der Waals surface area (Å²) in [5, 5.41) is 3.09. The van der Waals surface area contributed by atoms with Crippen LogP contribution in [0.4, 0.5) is 0 Å². The molecule has 0 fully saturated rings. The number of rotatable bonds is 4. The summed E-state index contributed by atoms with van der Waals surface area (Å²) < 4.78 is 5.22. The maximum Gasteiger partial charge on any atom is 0.320 e. The molecule has 0 aromatic carbocycles. The number of aromatic nitrogens is 2. The van der Waals surface area contributed by atoms with E-state index in [1.807, 2.05) is 34.6 Å². The normalized spacial score (nSPS) is 13.2. The van der Waals surface area contributed by atoms with Crippen molar-refractivity contribution in [1.82, 2.24) is 15.3 Å². The lowest BCUT2D eigenvalue weighted by molar-refractivity contribution is -0.153. The molecule has 0 spiro atoms. The number of carbonyl (C=O) groups excluding carboxylic acids is 1. The summed E-state index contributed by atoms with van der Waals surface area (Å²) in [5.74, 6) is -0.268. The molecule has 0 saturated carbocycles. The Morgan fingerprint density at radius 3 is 2.56 bits per heavy atom. The third-order valence-corrected chi connectivity index (χ3v) is 2.30. The van der Waals surface area contributed by atoms with Gasteiger partial charge in [0.15, 0.2) is 0 Å². The van der Waals surface area contributed by atoms with E-state index in [2.05, 4.69) is 15.3 Å². The molecule has 1 N–H and O–H groups in total. The molecule has 100 valence electrons. The Labute approximate surface area is 108 Å². The molecule has 1 rings (SSSR count). The minimum absolute atomic E-state index is 0.0359. The van der Waals surface area contributed by atoms with Crippen molar-refractivity contribution in [3.8, 4) is 0 Å². The highest BCUT2D eigenvalue weighted by atomic mass is 16.6. The topological polar surface area (TPSA) is 64.1 Å². The van der Waals surface area contributed by atoms with Gasteiger partial charge in [0, 0.05) is 18.4 Å². The van der Waals surface area contributed by atoms with Gasteiger partial charge in [-0.1, -0.05) is 0 Å². The van der Waals surface area contributed by atoms with Crippen LogP contribution in [-0.2, 0) is 9.53 Å². The SMILES string of the molecule is Cc1nccnc1C(C)NCC(=O)OC(C)(C)C. The third kappa shape index (κ3) is 4.79. The third-order valence-electron chi connectivity index (χ3n) is 2.30. The van der Waals surface area contributed by atoms with Crippen LogP contribution in [0.5, 0.6) is 0 Å². The molecule has 0 bridgehead atoms. The van der Waals surface area contributed by atoms with Crippen molar-refractivity contribution >= 4 is 5.97 Å². The summed E-state index contributed by atoms with van der Waals surface area (Å²) in [5.41, 5.74) is 1.26. The van der Waals surface area contributed by atoms with Gasteiger partial charge in [0.25, 0.3) is 0 Å². The highest BCUT2D eigenvalue weighted by Crippen LogP contribution is 2.12. The van der Waals surface area contributed by atoms with Crippen LogP contribution >= 0.6 is 0 Å². The molecule has 0 aliphatic heterocycles. The first-order valence-corrected chi connectivity index (χ1v) is 6.02. The minimum Gasteiger partial charge on any atom is -0.459 e. The van der Waals surface area contributed by atoms with Gasteiger partial charge in [-0.15, -0.1) is 0 Å². The Balaban J connectivity index is 2.49. The van der Waals surface area contributed by atoms with Gasteiger partial charge in [-0.2, -0.15) is 0 Å². The Morgan fingerprint density at radius 1 is 1.39 bits per heavy atom. The number of nitrogens with one attached hydrogen (secondary N) is 1. The van der Waals surface area contributed by atoms with Gasteiger partial charge < -0.3 is 4.74 Å². The van der Waals surface area contributed by atoms with E-state index in [0.29, 0.717) is 0 Å². The quantitative estimate of drug-likeness (QED) is 0.826. The van der Waals surface area contributed by atoms with E-state index in [0.717, 1.165) is 11.4 Å². The van der Waals surface area contributed by atoms with Gasteiger partial charge in [0.05, 0.1) is 17.9 Å². The highest BCUT2D eigenvalue weighted by Gasteiger charge is 2.17. The number of carbonyl (C=O) groups is 1. The molecular formula is C13H21N3O2. The highest BCUT2D eigenvalue weighted by molar-refractivity contribution is 5.72. The van der Waals surface area contributed by atoms with E-state index in [4.69, 9.17) is 4.74 Å². The predicted octanol–water partition coefficient (Wildman–Crippen LogP) is 1.78. The summed E-state index contributed by atoms with van der Waals surface area (Å²) in [6.07, 6.45) is 3.30. The van der Waals surface area contributed by atoms with Crippen LogP contribution in [0.1, 0.15) is 45.1 Å². The fraction of sp³-hybridized carbons (Fsp3) is 0.615. The number of aryl methyl sites for hydroxylation is 1. The van der Waals surface area contributed by atoms with Crippen molar-refractivity contribution in [2.45, 2.75) is 46.3 Å². The molecule has 0 aliphatic rings. The van der Waals surface area contributed by atoms with E-state index in [-0.39, 0.29) is 18.6 Å². The zero-order valence-electron chi connectivity index (χ0n) is 11.7. The average Bonchev–Trinajstić information content (AvgIpc) is 2.24. The first-order chi connectivity index (χ1) is 8.29. The van der Waals surface area contributed by atoms with Crippen LogP contribution in [0, 0.1) is 6.92 Å². The number of hydrogen-bond donors (Lipinski definition) is 1. The Morgan fingerprint density at radius 2 is 2.00 bits per heavy atom. The lowest BCUT2D eigenvalue weighted by atomic mass is 10.2. The maximum atomic E-state index is 11.6. The smallest absolute Gasteiger partial charge is 0.320 e. The molecule has 1 aromatic heterocycles. The molecule has 1 unspecified atom stereocenters. The van der Waals surface area contributed by atoms with Crippen molar-refractivity contribution in [2.24, 2.45) is 0 Å². The molecule has 1 aromatic rings. The Hall–Kier alpha value is -1.49. The summed E-state index contributed by atoms with van der Waals surface area (Å²) in [7, 11) is 0. The molecule has 18 heavy (non-hydrogen) atoms. The summed E-state index contributed by atoms with van der Waals surface area (Å²) in [6, 6.07) is -0.0359. The van der Waals surface area contributed by atoms with Crippen LogP contribution in [-0.4, -0.2) is 28.1 Å². The molecule has 1 atom stereocenters. The monoisotopic (exact) mass is 251 g/mol. The van der Waals surface area contributed by atoms with E-state index >= 15 is 0 Å². The molecule has 5 nitrogen and oxygen atoms in total. The molecule has 0 aliphatic carbocycles. The van der Waals surface area contributed by atoms with E-state index in [9.17, 15) is 4.79 Å². The standard InChI is InChI=1S/C13H21N3O2/c1-9-12(15-7-6-14-9)10(2)16-8-11(17)18-13(3,4)5/h6-7,10,16H,8H2,1-5H3. The van der Waals surface area contributed by atoms with Gasteiger partial charge >= 0.3 is 5.97 Å². The average molecular weight is 251 g/mol. The van der Waals surface area contributed by atoms with Crippen molar-refractivity contribution in [1.29, 1.82) is 0 Å². The van der Waals surface area contributed by atoms with Crippen LogP contribution in [0.3, 0.4) is 0 Å². The van der Waals surface area contributed by atoms with E-state index < -0.39 is 5.60 Å². The number of esters is 1. The van der Waals surface area contributed by atoms with Gasteiger partial charge in [-0.3, -0.25) is 20.1 Å². The van der Waals surface area contributed by atoms with Crippen LogP contribution < -0.4 is 5.32 Å². The minimum atomic E-state index is -0.454. The zero-order valence-corrected chi connectivity index (χ0v) is 11.7. The van der Waals surface area contributed by atoms with Gasteiger partial charge in [0.1, 0.15) is 5.60 Å². The number of hydrogen-bond acceptors (Lipinski definition) is 5. The zero-order chi connectivity index (χ0) is 13.8. The summed E-state index contributed by atoms with van der Waals surface area (Å²) in [4.78, 5) is 20.0. The summed E-state index contributed by atoms with van der Waals surface area (Å²) in [6.45, 7) is 9.55. The molecule has 5 heteroatoms. The fourth-order valence-corrected chi connectivity index (χ4v) is 1.55. The van der Waals surface area contributed by atoms with Crippen molar-refractivity contribution in [3.63, 3.8) is 0 Å². The summed E-state index contributed by atoms with van der Waals surface area (Å²) >= 11 is 0. The van der Waals surface area contributed by atoms with Crippen molar-refractivity contribution in [2.75, 3.05) is 6.54 Å². The van der Waals surface area contributed by atoms with Crippen LogP contribution in [0.2, 0.25) is 0 Å². The molecule has 0 amide bonds. The lowest BCUT2D eigenvalue weighted by Gasteiger charge is -2.21. The number of ether oxygens (including phenoxy) is 1. The van der Waals surface area contributed by atoms with Gasteiger partial charge in [0.2, 0.25) is 0 Å². The number of nitrogens with zero attached hydrogens (tertiary/aromatic N) is 2.